The van der Waals surface area contributed by atoms with E-state index in [-0.39, 0.29) is 42.4 Å². The van der Waals surface area contributed by atoms with Crippen LogP contribution in [0, 0.1) is 10.1 Å². The van der Waals surface area contributed by atoms with Crippen LogP contribution in [0.3, 0.4) is 0 Å². The highest BCUT2D eigenvalue weighted by atomic mass is 32.1. The van der Waals surface area contributed by atoms with Crippen molar-refractivity contribution in [2.24, 2.45) is 0 Å². The molecule has 0 saturated heterocycles. The highest BCUT2D eigenvalue weighted by Crippen LogP contribution is 2.27. The lowest BCUT2D eigenvalue weighted by molar-refractivity contribution is -0.385. The lowest BCUT2D eigenvalue weighted by atomic mass is 10.0. The van der Waals surface area contributed by atoms with E-state index in [0.29, 0.717) is 4.88 Å². The summed E-state index contributed by atoms with van der Waals surface area (Å²) in [5.41, 5.74) is 0.000878. The molecule has 1 atom stereocenters. The summed E-state index contributed by atoms with van der Waals surface area (Å²) >= 11 is 1.30. The fraction of sp³-hybridized carbons (Fsp3) is 0.350. The fourth-order valence-electron chi connectivity index (χ4n) is 2.72. The average molecular weight is 418 g/mol. The van der Waals surface area contributed by atoms with E-state index in [1.54, 1.807) is 37.4 Å². The number of nitro groups is 1. The van der Waals surface area contributed by atoms with Gasteiger partial charge in [-0.1, -0.05) is 24.3 Å². The lowest BCUT2D eigenvalue weighted by Crippen LogP contribution is -2.31. The maximum atomic E-state index is 12.4. The number of benzene rings is 1. The number of carbonyl (C=O) groups is 3. The van der Waals surface area contributed by atoms with E-state index in [1.807, 2.05) is 0 Å². The molecule has 1 N–H and O–H groups in total. The molecule has 0 spiro atoms. The van der Waals surface area contributed by atoms with E-state index < -0.39 is 22.8 Å². The number of amides is 1. The van der Waals surface area contributed by atoms with Crippen LogP contribution in [0.15, 0.2) is 41.8 Å². The summed E-state index contributed by atoms with van der Waals surface area (Å²) in [6.07, 6.45) is -0.694. The van der Waals surface area contributed by atoms with E-state index in [1.165, 1.54) is 29.5 Å². The van der Waals surface area contributed by atoms with Gasteiger partial charge in [-0.15, -0.1) is 11.3 Å². The van der Waals surface area contributed by atoms with Crippen LogP contribution < -0.4 is 5.32 Å². The van der Waals surface area contributed by atoms with Gasteiger partial charge in [-0.05, 0) is 25.3 Å². The molecule has 2 rings (SSSR count). The Balaban J connectivity index is 2.12. The zero-order chi connectivity index (χ0) is 21.4. The van der Waals surface area contributed by atoms with Crippen molar-refractivity contribution >= 4 is 34.7 Å². The summed E-state index contributed by atoms with van der Waals surface area (Å²) in [4.78, 5) is 48.0. The molecule has 9 heteroatoms. The first-order valence-electron chi connectivity index (χ1n) is 9.06. The third-order valence-electron chi connectivity index (χ3n) is 3.96. The predicted molar refractivity (Wildman–Crippen MR) is 108 cm³/mol. The molecule has 0 fully saturated rings. The second kappa shape index (κ2) is 10.5. The number of thiophene rings is 1. The summed E-state index contributed by atoms with van der Waals surface area (Å²) in [6, 6.07) is 8.39. The van der Waals surface area contributed by atoms with Crippen molar-refractivity contribution in [3.8, 4) is 0 Å². The standard InChI is InChI=1S/C20H22N2O6S/c1-13(2)28-20(25)12-15(14-6-3-4-7-16(14)22(26)27)21-19(24)10-9-17(23)18-8-5-11-29-18/h3-8,11,13,15H,9-10,12H2,1-2H3,(H,21,24). The molecule has 1 amide bonds. The lowest BCUT2D eigenvalue weighted by Gasteiger charge is -2.19. The third-order valence-corrected chi connectivity index (χ3v) is 4.87. The van der Waals surface area contributed by atoms with Crippen molar-refractivity contribution in [2.45, 2.75) is 45.3 Å². The van der Waals surface area contributed by atoms with Gasteiger partial charge >= 0.3 is 5.97 Å². The first kappa shape index (κ1) is 22.2. The quantitative estimate of drug-likeness (QED) is 0.271. The Kier molecular flexibility index (Phi) is 8.02. The van der Waals surface area contributed by atoms with Crippen molar-refractivity contribution < 1.29 is 24.0 Å². The van der Waals surface area contributed by atoms with Crippen molar-refractivity contribution in [2.75, 3.05) is 0 Å². The summed E-state index contributed by atoms with van der Waals surface area (Å²) in [5.74, 6) is -1.22. The Morgan fingerprint density at radius 1 is 1.14 bits per heavy atom. The van der Waals surface area contributed by atoms with Gasteiger partial charge in [-0.2, -0.15) is 0 Å². The van der Waals surface area contributed by atoms with Crippen LogP contribution in [0.1, 0.15) is 54.4 Å². The number of para-hydroxylation sites is 1. The molecule has 0 aliphatic heterocycles. The van der Waals surface area contributed by atoms with Crippen LogP contribution in [-0.4, -0.2) is 28.7 Å². The number of esters is 1. The Hall–Kier alpha value is -3.07. The van der Waals surface area contributed by atoms with Gasteiger partial charge in [-0.3, -0.25) is 24.5 Å². The van der Waals surface area contributed by atoms with Gasteiger partial charge in [0.2, 0.25) is 5.91 Å². The van der Waals surface area contributed by atoms with Crippen LogP contribution in [0.25, 0.3) is 0 Å². The predicted octanol–water partition coefficient (Wildman–Crippen LogP) is 3.82. The number of rotatable bonds is 10. The summed E-state index contributed by atoms with van der Waals surface area (Å²) in [6.45, 7) is 3.37. The Labute approximate surface area is 172 Å². The van der Waals surface area contributed by atoms with Crippen molar-refractivity contribution in [3.05, 3.63) is 62.3 Å². The second-order valence-electron chi connectivity index (χ2n) is 6.58. The van der Waals surface area contributed by atoms with E-state index >= 15 is 0 Å². The molecule has 0 aliphatic rings. The number of nitro benzene ring substituents is 1. The average Bonchev–Trinajstić information content (AvgIpc) is 3.19. The Morgan fingerprint density at radius 2 is 1.86 bits per heavy atom. The molecule has 1 aromatic carbocycles. The van der Waals surface area contributed by atoms with Crippen molar-refractivity contribution in [1.82, 2.24) is 5.32 Å². The molecule has 0 aliphatic carbocycles. The first-order valence-corrected chi connectivity index (χ1v) is 9.94. The summed E-state index contributed by atoms with van der Waals surface area (Å²) in [5, 5.41) is 15.8. The minimum atomic E-state index is -0.938. The van der Waals surface area contributed by atoms with E-state index in [0.717, 1.165) is 0 Å². The Bertz CT molecular complexity index is 879. The number of nitrogens with zero attached hydrogens (tertiary/aromatic N) is 1. The zero-order valence-corrected chi connectivity index (χ0v) is 16.9. The second-order valence-corrected chi connectivity index (χ2v) is 7.53. The Morgan fingerprint density at radius 3 is 2.48 bits per heavy atom. The van der Waals surface area contributed by atoms with E-state index in [2.05, 4.69) is 5.32 Å². The molecule has 8 nitrogen and oxygen atoms in total. The third kappa shape index (κ3) is 6.79. The van der Waals surface area contributed by atoms with Crippen LogP contribution in [0.4, 0.5) is 5.69 Å². The van der Waals surface area contributed by atoms with E-state index in [4.69, 9.17) is 4.74 Å². The van der Waals surface area contributed by atoms with Gasteiger partial charge in [0.05, 0.1) is 33.9 Å². The number of hydrogen-bond donors (Lipinski definition) is 1. The number of ketones is 1. The van der Waals surface area contributed by atoms with Crippen molar-refractivity contribution in [3.63, 3.8) is 0 Å². The topological polar surface area (TPSA) is 116 Å². The molecule has 2 aromatic rings. The van der Waals surface area contributed by atoms with Crippen molar-refractivity contribution in [1.29, 1.82) is 0 Å². The number of nitrogens with one attached hydrogen (secondary N) is 1. The highest BCUT2D eigenvalue weighted by molar-refractivity contribution is 7.12. The molecule has 29 heavy (non-hydrogen) atoms. The van der Waals surface area contributed by atoms with Gasteiger partial charge < -0.3 is 10.1 Å². The SMILES string of the molecule is CC(C)OC(=O)CC(NC(=O)CCC(=O)c1cccs1)c1ccccc1[N+](=O)[O-]. The monoisotopic (exact) mass is 418 g/mol. The molecule has 1 heterocycles. The molecule has 1 aromatic heterocycles. The van der Waals surface area contributed by atoms with Gasteiger partial charge in [0.15, 0.2) is 5.78 Å². The van der Waals surface area contributed by atoms with E-state index in [9.17, 15) is 24.5 Å². The molecule has 0 saturated carbocycles. The normalized spacial score (nSPS) is 11.7. The van der Waals surface area contributed by atoms with Gasteiger partial charge in [0.25, 0.3) is 5.69 Å². The first-order chi connectivity index (χ1) is 13.8. The maximum Gasteiger partial charge on any atom is 0.308 e. The zero-order valence-electron chi connectivity index (χ0n) is 16.1. The van der Waals surface area contributed by atoms with Gasteiger partial charge in [0.1, 0.15) is 0 Å². The molecule has 0 bridgehead atoms. The minimum absolute atomic E-state index is 0.00634. The highest BCUT2D eigenvalue weighted by Gasteiger charge is 2.26. The number of ether oxygens (including phenoxy) is 1. The largest absolute Gasteiger partial charge is 0.463 e. The number of hydrogen-bond acceptors (Lipinski definition) is 7. The van der Waals surface area contributed by atoms with Crippen LogP contribution in [0.2, 0.25) is 0 Å². The van der Waals surface area contributed by atoms with Crippen LogP contribution in [0.5, 0.6) is 0 Å². The summed E-state index contributed by atoms with van der Waals surface area (Å²) in [7, 11) is 0. The number of carbonyl (C=O) groups excluding carboxylic acids is 3. The molecular weight excluding hydrogens is 396 g/mol. The molecule has 154 valence electrons. The fourth-order valence-corrected chi connectivity index (χ4v) is 3.41. The summed E-state index contributed by atoms with van der Waals surface area (Å²) < 4.78 is 5.12. The molecule has 0 radical (unpaired) electrons. The smallest absolute Gasteiger partial charge is 0.308 e. The minimum Gasteiger partial charge on any atom is -0.463 e. The number of Topliss-reactive ketones (excluding diaryl/α,β-unsaturated/α-hetero) is 1. The molecular formula is C20H22N2O6S. The van der Waals surface area contributed by atoms with Crippen LogP contribution in [-0.2, 0) is 14.3 Å². The van der Waals surface area contributed by atoms with Gasteiger partial charge in [-0.25, -0.2) is 0 Å². The van der Waals surface area contributed by atoms with Gasteiger partial charge in [0, 0.05) is 18.9 Å². The molecule has 1 unspecified atom stereocenters. The maximum absolute atomic E-state index is 12.4. The van der Waals surface area contributed by atoms with Crippen LogP contribution >= 0.6 is 11.3 Å².